The first-order valence-corrected chi connectivity index (χ1v) is 7.09. The van der Waals surface area contributed by atoms with Gasteiger partial charge < -0.3 is 10.6 Å². The molecular weight excluding hydrogens is 291 g/mol. The van der Waals surface area contributed by atoms with Crippen LogP contribution in [-0.4, -0.2) is 35.2 Å². The van der Waals surface area contributed by atoms with Gasteiger partial charge in [0, 0.05) is 30.6 Å². The average Bonchev–Trinajstić information content (AvgIpc) is 2.40. The Bertz CT molecular complexity index is 440. The topological polar surface area (TPSA) is 54.0 Å². The van der Waals surface area contributed by atoms with Gasteiger partial charge in [-0.25, -0.2) is 4.98 Å². The van der Waals surface area contributed by atoms with Crippen LogP contribution in [0, 0.1) is 0 Å². The Morgan fingerprint density at radius 3 is 2.80 bits per heavy atom. The molecule has 0 aliphatic heterocycles. The number of rotatable bonds is 7. The smallest absolute Gasteiger partial charge is 0.370 e. The fourth-order valence-corrected chi connectivity index (χ4v) is 1.79. The molecule has 0 fully saturated rings. The number of hydrogen-bond donors (Lipinski definition) is 2. The predicted octanol–water partition coefficient (Wildman–Crippen LogP) is 2.89. The molecule has 0 atom stereocenters. The van der Waals surface area contributed by atoms with E-state index in [9.17, 15) is 18.0 Å². The van der Waals surface area contributed by atoms with E-state index < -0.39 is 11.4 Å². The summed E-state index contributed by atoms with van der Waals surface area (Å²) in [7, 11) is 0. The van der Waals surface area contributed by atoms with Gasteiger partial charge in [-0.15, -0.1) is 0 Å². The van der Waals surface area contributed by atoms with Crippen LogP contribution in [0.5, 0.6) is 0 Å². The summed E-state index contributed by atoms with van der Waals surface area (Å²) in [6.07, 6.45) is 2.41. The number of pyridine rings is 1. The van der Waals surface area contributed by atoms with Crippen molar-refractivity contribution >= 4 is 23.5 Å². The quantitative estimate of drug-likeness (QED) is 0.761. The third-order valence-corrected chi connectivity index (χ3v) is 2.97. The molecule has 0 bridgehead atoms. The van der Waals surface area contributed by atoms with Gasteiger partial charge in [-0.3, -0.25) is 4.79 Å². The largest absolute Gasteiger partial charge is 0.441 e. The second-order valence-corrected chi connectivity index (χ2v) is 5.07. The second-order valence-electron chi connectivity index (χ2n) is 3.91. The van der Waals surface area contributed by atoms with Gasteiger partial charge in [0.15, 0.2) is 0 Å². The number of nitrogens with zero attached hydrogens (tertiary/aromatic N) is 1. The van der Waals surface area contributed by atoms with E-state index >= 15 is 0 Å². The highest BCUT2D eigenvalue weighted by atomic mass is 32.2. The van der Waals surface area contributed by atoms with Gasteiger partial charge in [-0.05, 0) is 30.3 Å². The number of alkyl halides is 3. The molecule has 1 amide bonds. The van der Waals surface area contributed by atoms with Crippen molar-refractivity contribution in [2.75, 3.05) is 24.2 Å². The number of anilines is 1. The minimum absolute atomic E-state index is 0.0386. The maximum absolute atomic E-state index is 11.9. The molecule has 8 heteroatoms. The zero-order valence-corrected chi connectivity index (χ0v) is 11.8. The molecule has 0 spiro atoms. The first kappa shape index (κ1) is 16.6. The Labute approximate surface area is 119 Å². The fourth-order valence-electron chi connectivity index (χ4n) is 1.35. The number of aromatic nitrogens is 1. The molecule has 1 rings (SSSR count). The molecule has 0 unspecified atom stereocenters. The molecule has 4 nitrogen and oxygen atoms in total. The van der Waals surface area contributed by atoms with Crippen molar-refractivity contribution in [3.05, 3.63) is 23.9 Å². The van der Waals surface area contributed by atoms with Gasteiger partial charge in [0.25, 0.3) is 5.91 Å². The van der Waals surface area contributed by atoms with Crippen LogP contribution < -0.4 is 10.6 Å². The van der Waals surface area contributed by atoms with Crippen LogP contribution in [0.3, 0.4) is 0 Å². The summed E-state index contributed by atoms with van der Waals surface area (Å²) in [5.41, 5.74) is -3.89. The highest BCUT2D eigenvalue weighted by molar-refractivity contribution is 8.00. The van der Waals surface area contributed by atoms with Crippen LogP contribution in [0.25, 0.3) is 0 Å². The van der Waals surface area contributed by atoms with Gasteiger partial charge in [0.05, 0.1) is 0 Å². The van der Waals surface area contributed by atoms with Crippen LogP contribution in [0.4, 0.5) is 19.0 Å². The van der Waals surface area contributed by atoms with E-state index in [1.807, 2.05) is 6.92 Å². The van der Waals surface area contributed by atoms with E-state index in [2.05, 4.69) is 15.6 Å². The number of thioether (sulfide) groups is 1. The molecule has 0 radical (unpaired) electrons. The summed E-state index contributed by atoms with van der Waals surface area (Å²) in [6, 6.07) is 3.09. The van der Waals surface area contributed by atoms with Gasteiger partial charge >= 0.3 is 5.51 Å². The Hall–Kier alpha value is -1.44. The Morgan fingerprint density at radius 2 is 2.15 bits per heavy atom. The van der Waals surface area contributed by atoms with E-state index in [1.165, 1.54) is 12.3 Å². The minimum atomic E-state index is -4.27. The van der Waals surface area contributed by atoms with Gasteiger partial charge in [-0.1, -0.05) is 6.92 Å². The lowest BCUT2D eigenvalue weighted by Crippen LogP contribution is -2.26. The normalized spacial score (nSPS) is 11.2. The number of carbonyl (C=O) groups excluding carboxylic acids is 1. The average molecular weight is 307 g/mol. The Balaban J connectivity index is 2.43. The fraction of sp³-hybridized carbons (Fsp3) is 0.500. The molecule has 1 aromatic heterocycles. The summed E-state index contributed by atoms with van der Waals surface area (Å²) in [5.74, 6) is -0.0414. The Kier molecular flexibility index (Phi) is 6.63. The molecule has 0 saturated carbocycles. The van der Waals surface area contributed by atoms with Gasteiger partial charge in [0.2, 0.25) is 0 Å². The predicted molar refractivity (Wildman–Crippen MR) is 73.9 cm³/mol. The van der Waals surface area contributed by atoms with Gasteiger partial charge in [0.1, 0.15) is 5.82 Å². The summed E-state index contributed by atoms with van der Waals surface area (Å²) in [6.45, 7) is 2.70. The van der Waals surface area contributed by atoms with Crippen molar-refractivity contribution in [1.29, 1.82) is 0 Å². The summed E-state index contributed by atoms with van der Waals surface area (Å²) in [4.78, 5) is 15.8. The highest BCUT2D eigenvalue weighted by Crippen LogP contribution is 2.29. The lowest BCUT2D eigenvalue weighted by molar-refractivity contribution is -0.0327. The van der Waals surface area contributed by atoms with Gasteiger partial charge in [-0.2, -0.15) is 13.2 Å². The molecular formula is C12H16F3N3OS. The lowest BCUT2D eigenvalue weighted by Gasteiger charge is -2.08. The van der Waals surface area contributed by atoms with E-state index in [4.69, 9.17) is 0 Å². The molecule has 112 valence electrons. The van der Waals surface area contributed by atoms with Crippen molar-refractivity contribution in [2.24, 2.45) is 0 Å². The van der Waals surface area contributed by atoms with Crippen molar-refractivity contribution in [1.82, 2.24) is 10.3 Å². The van der Waals surface area contributed by atoms with Crippen LogP contribution >= 0.6 is 11.8 Å². The van der Waals surface area contributed by atoms with Crippen LogP contribution in [0.1, 0.15) is 23.7 Å². The van der Waals surface area contributed by atoms with E-state index in [0.717, 1.165) is 13.0 Å². The molecule has 20 heavy (non-hydrogen) atoms. The van der Waals surface area contributed by atoms with Crippen LogP contribution in [0.15, 0.2) is 18.3 Å². The van der Waals surface area contributed by atoms with E-state index in [0.29, 0.717) is 11.4 Å². The lowest BCUT2D eigenvalue weighted by atomic mass is 10.2. The van der Waals surface area contributed by atoms with Crippen LogP contribution in [-0.2, 0) is 0 Å². The van der Waals surface area contributed by atoms with E-state index in [-0.39, 0.29) is 24.1 Å². The van der Waals surface area contributed by atoms with Crippen molar-refractivity contribution in [3.63, 3.8) is 0 Å². The summed E-state index contributed by atoms with van der Waals surface area (Å²) >= 11 is -0.154. The van der Waals surface area contributed by atoms with Crippen molar-refractivity contribution in [3.8, 4) is 0 Å². The standard InChI is InChI=1S/C12H16F3N3OS/c1-2-4-16-10-8-9(3-5-17-10)11(19)18-6-7-20-12(13,14)15/h3,5,8H,2,4,6-7H2,1H3,(H,16,17)(H,18,19). The molecule has 0 aliphatic carbocycles. The first-order valence-electron chi connectivity index (χ1n) is 6.11. The molecule has 0 aromatic carbocycles. The van der Waals surface area contributed by atoms with Crippen LogP contribution in [0.2, 0.25) is 0 Å². The second kappa shape index (κ2) is 7.98. The highest BCUT2D eigenvalue weighted by Gasteiger charge is 2.27. The zero-order chi connectivity index (χ0) is 15.0. The maximum Gasteiger partial charge on any atom is 0.441 e. The van der Waals surface area contributed by atoms with Crippen molar-refractivity contribution in [2.45, 2.75) is 18.9 Å². The third-order valence-electron chi connectivity index (χ3n) is 2.23. The number of halogens is 3. The summed E-state index contributed by atoms with van der Waals surface area (Å²) in [5, 5.41) is 5.47. The first-order chi connectivity index (χ1) is 9.42. The molecule has 0 aliphatic rings. The Morgan fingerprint density at radius 1 is 1.40 bits per heavy atom. The summed E-state index contributed by atoms with van der Waals surface area (Å²) < 4.78 is 35.7. The molecule has 1 aromatic rings. The third kappa shape index (κ3) is 6.65. The molecule has 0 saturated heterocycles. The van der Waals surface area contributed by atoms with E-state index in [1.54, 1.807) is 6.07 Å². The maximum atomic E-state index is 11.9. The number of hydrogen-bond acceptors (Lipinski definition) is 4. The monoisotopic (exact) mass is 307 g/mol. The minimum Gasteiger partial charge on any atom is -0.370 e. The molecule has 2 N–H and O–H groups in total. The zero-order valence-electron chi connectivity index (χ0n) is 11.0. The SMILES string of the molecule is CCCNc1cc(C(=O)NCCSC(F)(F)F)ccn1. The number of carbonyl (C=O) groups is 1. The number of amides is 1. The van der Waals surface area contributed by atoms with Crippen molar-refractivity contribution < 1.29 is 18.0 Å². The molecule has 1 heterocycles. The number of nitrogens with one attached hydrogen (secondary N) is 2.